The molecule has 5 nitrogen and oxygen atoms in total. The number of anilines is 1. The number of hydrogen-bond donors (Lipinski definition) is 1. The van der Waals surface area contributed by atoms with E-state index in [4.69, 9.17) is 0 Å². The van der Waals surface area contributed by atoms with Crippen LogP contribution in [0.4, 0.5) is 5.69 Å². The van der Waals surface area contributed by atoms with Gasteiger partial charge in [0.15, 0.2) is 0 Å². The number of pyridine rings is 1. The predicted octanol–water partition coefficient (Wildman–Crippen LogP) is 3.69. The van der Waals surface area contributed by atoms with Gasteiger partial charge < -0.3 is 10.2 Å². The smallest absolute Gasteiger partial charge is 0.257 e. The van der Waals surface area contributed by atoms with Crippen molar-refractivity contribution in [3.63, 3.8) is 0 Å². The second kappa shape index (κ2) is 7.47. The molecule has 1 aliphatic heterocycles. The van der Waals surface area contributed by atoms with Crippen LogP contribution in [0.2, 0.25) is 0 Å². The molecule has 5 heteroatoms. The lowest BCUT2D eigenvalue weighted by Crippen LogP contribution is -2.28. The third-order valence-corrected chi connectivity index (χ3v) is 4.47. The van der Waals surface area contributed by atoms with Crippen molar-refractivity contribution in [2.24, 2.45) is 0 Å². The summed E-state index contributed by atoms with van der Waals surface area (Å²) in [5.41, 5.74) is 2.72. The molecule has 1 saturated heterocycles. The third-order valence-electron chi connectivity index (χ3n) is 4.47. The molecule has 1 aliphatic rings. The quantitative estimate of drug-likeness (QED) is 0.925. The highest BCUT2D eigenvalue weighted by Gasteiger charge is 2.21. The maximum atomic E-state index is 12.6. The SMILES string of the molecule is CC(C)c1ccccc1NC(=O)c1cncc(C(=O)N2CCCC2)c1. The van der Waals surface area contributed by atoms with Crippen LogP contribution in [0.15, 0.2) is 42.7 Å². The number of benzene rings is 1. The van der Waals surface area contributed by atoms with Gasteiger partial charge in [-0.05, 0) is 36.5 Å². The van der Waals surface area contributed by atoms with Gasteiger partial charge in [0.1, 0.15) is 0 Å². The first-order valence-corrected chi connectivity index (χ1v) is 8.71. The molecule has 1 aromatic heterocycles. The van der Waals surface area contributed by atoms with Crippen LogP contribution >= 0.6 is 0 Å². The molecular formula is C20H23N3O2. The summed E-state index contributed by atoms with van der Waals surface area (Å²) in [4.78, 5) is 31.0. The zero-order chi connectivity index (χ0) is 17.8. The highest BCUT2D eigenvalue weighted by molar-refractivity contribution is 6.06. The molecule has 0 unspecified atom stereocenters. The van der Waals surface area contributed by atoms with Gasteiger partial charge in [0.25, 0.3) is 11.8 Å². The molecule has 1 N–H and O–H groups in total. The molecule has 0 spiro atoms. The number of amides is 2. The fourth-order valence-corrected chi connectivity index (χ4v) is 3.09. The Morgan fingerprint density at radius 2 is 1.76 bits per heavy atom. The van der Waals surface area contributed by atoms with Gasteiger partial charge in [0.05, 0.1) is 11.1 Å². The van der Waals surface area contributed by atoms with Crippen molar-refractivity contribution in [1.29, 1.82) is 0 Å². The van der Waals surface area contributed by atoms with Gasteiger partial charge in [0.2, 0.25) is 0 Å². The minimum absolute atomic E-state index is 0.0535. The van der Waals surface area contributed by atoms with Crippen LogP contribution in [0.1, 0.15) is 58.9 Å². The van der Waals surface area contributed by atoms with E-state index in [1.54, 1.807) is 6.07 Å². The lowest BCUT2D eigenvalue weighted by Gasteiger charge is -2.16. The number of carbonyl (C=O) groups excluding carboxylic acids is 2. The van der Waals surface area contributed by atoms with E-state index in [0.717, 1.165) is 37.2 Å². The van der Waals surface area contributed by atoms with E-state index >= 15 is 0 Å². The lowest BCUT2D eigenvalue weighted by atomic mass is 10.0. The van der Waals surface area contributed by atoms with Crippen LogP contribution in [-0.2, 0) is 0 Å². The number of hydrogen-bond acceptors (Lipinski definition) is 3. The molecule has 1 fully saturated rings. The Morgan fingerprint density at radius 3 is 2.48 bits per heavy atom. The van der Waals surface area contributed by atoms with Gasteiger partial charge >= 0.3 is 0 Å². The molecule has 0 radical (unpaired) electrons. The van der Waals surface area contributed by atoms with Crippen LogP contribution in [0.3, 0.4) is 0 Å². The van der Waals surface area contributed by atoms with Crippen LogP contribution in [0, 0.1) is 0 Å². The minimum atomic E-state index is -0.253. The second-order valence-corrected chi connectivity index (χ2v) is 6.66. The van der Waals surface area contributed by atoms with E-state index in [2.05, 4.69) is 24.1 Å². The van der Waals surface area contributed by atoms with Gasteiger partial charge in [-0.25, -0.2) is 0 Å². The van der Waals surface area contributed by atoms with Gasteiger partial charge in [0, 0.05) is 31.2 Å². The summed E-state index contributed by atoms with van der Waals surface area (Å²) in [7, 11) is 0. The van der Waals surface area contributed by atoms with Gasteiger partial charge in [-0.15, -0.1) is 0 Å². The van der Waals surface area contributed by atoms with Crippen LogP contribution in [-0.4, -0.2) is 34.8 Å². The molecule has 0 aliphatic carbocycles. The Bertz CT molecular complexity index is 780. The molecule has 2 aromatic rings. The summed E-state index contributed by atoms with van der Waals surface area (Å²) in [5.74, 6) is -0.00314. The Kier molecular flexibility index (Phi) is 5.12. The summed E-state index contributed by atoms with van der Waals surface area (Å²) in [6.45, 7) is 5.72. The molecule has 1 aromatic carbocycles. The zero-order valence-electron chi connectivity index (χ0n) is 14.7. The fourth-order valence-electron chi connectivity index (χ4n) is 3.09. The molecular weight excluding hydrogens is 314 g/mol. The summed E-state index contributed by atoms with van der Waals surface area (Å²) in [6, 6.07) is 9.38. The first-order chi connectivity index (χ1) is 12.1. The maximum Gasteiger partial charge on any atom is 0.257 e. The van der Waals surface area contributed by atoms with Crippen molar-refractivity contribution in [3.05, 3.63) is 59.4 Å². The number of para-hydroxylation sites is 1. The number of aromatic nitrogens is 1. The van der Waals surface area contributed by atoms with Crippen molar-refractivity contribution in [3.8, 4) is 0 Å². The lowest BCUT2D eigenvalue weighted by molar-refractivity contribution is 0.0792. The van der Waals surface area contributed by atoms with E-state index < -0.39 is 0 Å². The minimum Gasteiger partial charge on any atom is -0.339 e. The van der Waals surface area contributed by atoms with Crippen molar-refractivity contribution in [2.75, 3.05) is 18.4 Å². The molecule has 130 valence electrons. The zero-order valence-corrected chi connectivity index (χ0v) is 14.7. The van der Waals surface area contributed by atoms with Crippen molar-refractivity contribution >= 4 is 17.5 Å². The van der Waals surface area contributed by atoms with E-state index in [0.29, 0.717) is 17.0 Å². The van der Waals surface area contributed by atoms with Crippen molar-refractivity contribution in [2.45, 2.75) is 32.6 Å². The van der Waals surface area contributed by atoms with Crippen molar-refractivity contribution in [1.82, 2.24) is 9.88 Å². The number of likely N-dealkylation sites (tertiary alicyclic amines) is 1. The first-order valence-electron chi connectivity index (χ1n) is 8.71. The van der Waals surface area contributed by atoms with Crippen molar-refractivity contribution < 1.29 is 9.59 Å². The molecule has 25 heavy (non-hydrogen) atoms. The summed E-state index contributed by atoms with van der Waals surface area (Å²) < 4.78 is 0. The Labute approximate surface area is 148 Å². The second-order valence-electron chi connectivity index (χ2n) is 6.66. The van der Waals surface area contributed by atoms with Crippen LogP contribution < -0.4 is 5.32 Å². The molecule has 2 heterocycles. The number of nitrogens with one attached hydrogen (secondary N) is 1. The fraction of sp³-hybridized carbons (Fsp3) is 0.350. The maximum absolute atomic E-state index is 12.6. The standard InChI is InChI=1S/C20H23N3O2/c1-14(2)17-7-3-4-8-18(17)22-19(24)15-11-16(13-21-12-15)20(25)23-9-5-6-10-23/h3-4,7-8,11-14H,5-6,9-10H2,1-2H3,(H,22,24). The highest BCUT2D eigenvalue weighted by atomic mass is 16.2. The molecule has 0 bridgehead atoms. The predicted molar refractivity (Wildman–Crippen MR) is 97.9 cm³/mol. The Morgan fingerprint density at radius 1 is 1.08 bits per heavy atom. The van der Waals surface area contributed by atoms with E-state index in [1.807, 2.05) is 29.2 Å². The number of rotatable bonds is 4. The first kappa shape index (κ1) is 17.1. The van der Waals surface area contributed by atoms with Gasteiger partial charge in [-0.3, -0.25) is 14.6 Å². The largest absolute Gasteiger partial charge is 0.339 e. The molecule has 3 rings (SSSR count). The molecule has 0 atom stereocenters. The normalized spacial score (nSPS) is 14.0. The average Bonchev–Trinajstić information content (AvgIpc) is 3.16. The topological polar surface area (TPSA) is 62.3 Å². The summed E-state index contributed by atoms with van der Waals surface area (Å²) >= 11 is 0. The highest BCUT2D eigenvalue weighted by Crippen LogP contribution is 2.24. The molecule has 0 saturated carbocycles. The monoisotopic (exact) mass is 337 g/mol. The summed E-state index contributed by atoms with van der Waals surface area (Å²) in [5, 5.41) is 2.94. The van der Waals surface area contributed by atoms with E-state index in [-0.39, 0.29) is 11.8 Å². The Balaban J connectivity index is 1.79. The molecule has 2 amide bonds. The van der Waals surface area contributed by atoms with Crippen LogP contribution in [0.25, 0.3) is 0 Å². The van der Waals surface area contributed by atoms with Gasteiger partial charge in [-0.2, -0.15) is 0 Å². The number of nitrogens with zero attached hydrogens (tertiary/aromatic N) is 2. The number of carbonyl (C=O) groups is 2. The average molecular weight is 337 g/mol. The van der Waals surface area contributed by atoms with Gasteiger partial charge in [-0.1, -0.05) is 32.0 Å². The summed E-state index contributed by atoms with van der Waals surface area (Å²) in [6.07, 6.45) is 5.09. The Hall–Kier alpha value is -2.69. The van der Waals surface area contributed by atoms with E-state index in [1.165, 1.54) is 12.4 Å². The third kappa shape index (κ3) is 3.87. The van der Waals surface area contributed by atoms with E-state index in [9.17, 15) is 9.59 Å². The van der Waals surface area contributed by atoms with Crippen LogP contribution in [0.5, 0.6) is 0 Å².